The van der Waals surface area contributed by atoms with Crippen molar-refractivity contribution in [1.29, 1.82) is 0 Å². The lowest BCUT2D eigenvalue weighted by Crippen LogP contribution is -2.45. The fraction of sp³-hybridized carbons (Fsp3) is 0.632. The molecule has 1 fully saturated rings. The van der Waals surface area contributed by atoms with Crippen LogP contribution in [-0.4, -0.2) is 42.1 Å². The Labute approximate surface area is 140 Å². The first-order valence-electron chi connectivity index (χ1n) is 8.59. The van der Waals surface area contributed by atoms with Gasteiger partial charge in [0.1, 0.15) is 6.04 Å². The van der Waals surface area contributed by atoms with Crippen molar-refractivity contribution >= 4 is 5.97 Å². The number of benzene rings is 1. The number of rotatable bonds is 7. The van der Waals surface area contributed by atoms with E-state index in [1.54, 1.807) is 0 Å². The first-order valence-corrected chi connectivity index (χ1v) is 8.59. The molecule has 0 spiro atoms. The zero-order valence-corrected chi connectivity index (χ0v) is 14.8. The van der Waals surface area contributed by atoms with E-state index < -0.39 is 0 Å². The van der Waals surface area contributed by atoms with Crippen molar-refractivity contribution in [2.75, 3.05) is 13.7 Å². The van der Waals surface area contributed by atoms with Crippen LogP contribution in [0.4, 0.5) is 0 Å². The fourth-order valence-corrected chi connectivity index (χ4v) is 3.49. The first-order chi connectivity index (χ1) is 11.0. The second kappa shape index (κ2) is 7.93. The minimum Gasteiger partial charge on any atom is -0.468 e. The maximum absolute atomic E-state index is 11.9. The Morgan fingerprint density at radius 2 is 2.09 bits per heavy atom. The van der Waals surface area contributed by atoms with Gasteiger partial charge in [-0.3, -0.25) is 9.69 Å². The number of hydrogen-bond donors (Lipinski definition) is 1. The van der Waals surface area contributed by atoms with Crippen molar-refractivity contribution in [3.8, 4) is 0 Å². The molecule has 1 heterocycles. The summed E-state index contributed by atoms with van der Waals surface area (Å²) in [6.07, 6.45) is 2.83. The minimum absolute atomic E-state index is 0.125. The first kappa shape index (κ1) is 18.0. The van der Waals surface area contributed by atoms with E-state index in [2.05, 4.69) is 61.3 Å². The van der Waals surface area contributed by atoms with E-state index in [0.717, 1.165) is 32.4 Å². The normalized spacial score (nSPS) is 22.0. The SMILES string of the molecule is CCC[C@H](N[C@@H]1CN(Cc2ccccc2)C(C)(C)C1)C(=O)OC. The Morgan fingerprint density at radius 3 is 2.70 bits per heavy atom. The van der Waals surface area contributed by atoms with E-state index in [9.17, 15) is 4.79 Å². The number of nitrogens with one attached hydrogen (secondary N) is 1. The van der Waals surface area contributed by atoms with Crippen molar-refractivity contribution in [2.24, 2.45) is 0 Å². The van der Waals surface area contributed by atoms with E-state index in [-0.39, 0.29) is 17.6 Å². The molecule has 1 aromatic rings. The quantitative estimate of drug-likeness (QED) is 0.785. The lowest BCUT2D eigenvalue weighted by Gasteiger charge is -2.31. The molecule has 0 unspecified atom stereocenters. The van der Waals surface area contributed by atoms with E-state index in [4.69, 9.17) is 4.74 Å². The van der Waals surface area contributed by atoms with Crippen molar-refractivity contribution in [2.45, 2.75) is 64.2 Å². The van der Waals surface area contributed by atoms with Crippen molar-refractivity contribution in [1.82, 2.24) is 10.2 Å². The second-order valence-electron chi connectivity index (χ2n) is 7.11. The Hall–Kier alpha value is -1.39. The number of likely N-dealkylation sites (tertiary alicyclic amines) is 1. The van der Waals surface area contributed by atoms with Gasteiger partial charge in [0.25, 0.3) is 0 Å². The van der Waals surface area contributed by atoms with Crippen molar-refractivity contribution in [3.63, 3.8) is 0 Å². The summed E-state index contributed by atoms with van der Waals surface area (Å²) in [6, 6.07) is 10.7. The summed E-state index contributed by atoms with van der Waals surface area (Å²) >= 11 is 0. The van der Waals surface area contributed by atoms with Crippen LogP contribution in [0.25, 0.3) is 0 Å². The molecule has 1 N–H and O–H groups in total. The van der Waals surface area contributed by atoms with Crippen LogP contribution in [0.15, 0.2) is 30.3 Å². The predicted octanol–water partition coefficient (Wildman–Crippen LogP) is 2.97. The molecular weight excluding hydrogens is 288 g/mol. The average Bonchev–Trinajstić information content (AvgIpc) is 2.81. The van der Waals surface area contributed by atoms with Crippen LogP contribution in [0.3, 0.4) is 0 Å². The molecule has 0 saturated carbocycles. The molecule has 0 aliphatic carbocycles. The van der Waals surface area contributed by atoms with E-state index in [0.29, 0.717) is 6.04 Å². The minimum atomic E-state index is -0.192. The van der Waals surface area contributed by atoms with Gasteiger partial charge in [-0.1, -0.05) is 43.7 Å². The summed E-state index contributed by atoms with van der Waals surface area (Å²) in [5.41, 5.74) is 1.46. The summed E-state index contributed by atoms with van der Waals surface area (Å²) in [5, 5.41) is 3.52. The molecule has 0 amide bonds. The summed E-state index contributed by atoms with van der Waals surface area (Å²) in [4.78, 5) is 14.4. The Morgan fingerprint density at radius 1 is 1.39 bits per heavy atom. The van der Waals surface area contributed by atoms with Crippen LogP contribution >= 0.6 is 0 Å². The van der Waals surface area contributed by atoms with E-state index in [1.807, 2.05) is 0 Å². The summed E-state index contributed by atoms with van der Waals surface area (Å²) in [5.74, 6) is -0.147. The molecule has 1 saturated heterocycles. The maximum Gasteiger partial charge on any atom is 0.322 e. The molecular formula is C19H30N2O2. The molecule has 23 heavy (non-hydrogen) atoms. The molecule has 0 aromatic heterocycles. The predicted molar refractivity (Wildman–Crippen MR) is 93.2 cm³/mol. The molecule has 1 aromatic carbocycles. The van der Waals surface area contributed by atoms with Gasteiger partial charge in [0, 0.05) is 24.7 Å². The van der Waals surface area contributed by atoms with Crippen LogP contribution in [-0.2, 0) is 16.1 Å². The molecule has 4 nitrogen and oxygen atoms in total. The third kappa shape index (κ3) is 4.79. The number of ether oxygens (including phenoxy) is 1. The Bertz CT molecular complexity index is 501. The molecule has 0 radical (unpaired) electrons. The van der Waals surface area contributed by atoms with Gasteiger partial charge in [0.15, 0.2) is 0 Å². The number of carbonyl (C=O) groups excluding carboxylic acids is 1. The number of esters is 1. The van der Waals surface area contributed by atoms with Crippen molar-refractivity contribution in [3.05, 3.63) is 35.9 Å². The van der Waals surface area contributed by atoms with Crippen LogP contribution in [0, 0.1) is 0 Å². The highest BCUT2D eigenvalue weighted by Gasteiger charge is 2.39. The van der Waals surface area contributed by atoms with E-state index in [1.165, 1.54) is 12.7 Å². The standard InChI is InChI=1S/C19H30N2O2/c1-5-9-17(18(22)23-4)20-16-12-19(2,3)21(14-16)13-15-10-7-6-8-11-15/h6-8,10-11,16-17,20H,5,9,12-14H2,1-4H3/t16-,17-/m0/s1. The van der Waals surface area contributed by atoms with Gasteiger partial charge < -0.3 is 10.1 Å². The Balaban J connectivity index is 1.99. The monoisotopic (exact) mass is 318 g/mol. The molecule has 128 valence electrons. The summed E-state index contributed by atoms with van der Waals surface area (Å²) in [7, 11) is 1.47. The highest BCUT2D eigenvalue weighted by atomic mass is 16.5. The highest BCUT2D eigenvalue weighted by Crippen LogP contribution is 2.30. The van der Waals surface area contributed by atoms with Gasteiger partial charge >= 0.3 is 5.97 Å². The molecule has 1 aliphatic rings. The number of hydrogen-bond acceptors (Lipinski definition) is 4. The van der Waals surface area contributed by atoms with Gasteiger partial charge in [0.05, 0.1) is 7.11 Å². The maximum atomic E-state index is 11.9. The van der Waals surface area contributed by atoms with Crippen LogP contribution < -0.4 is 5.32 Å². The Kier molecular flexibility index (Phi) is 6.19. The largest absolute Gasteiger partial charge is 0.468 e. The zero-order chi connectivity index (χ0) is 16.9. The van der Waals surface area contributed by atoms with Crippen molar-refractivity contribution < 1.29 is 9.53 Å². The summed E-state index contributed by atoms with van der Waals surface area (Å²) < 4.78 is 4.93. The average molecular weight is 318 g/mol. The molecule has 1 aliphatic heterocycles. The van der Waals surface area contributed by atoms with Gasteiger partial charge in [-0.25, -0.2) is 0 Å². The van der Waals surface area contributed by atoms with E-state index >= 15 is 0 Å². The summed E-state index contributed by atoms with van der Waals surface area (Å²) in [6.45, 7) is 8.56. The van der Waals surface area contributed by atoms with Crippen LogP contribution in [0.5, 0.6) is 0 Å². The molecule has 4 heteroatoms. The topological polar surface area (TPSA) is 41.6 Å². The van der Waals surface area contributed by atoms with Crippen LogP contribution in [0.2, 0.25) is 0 Å². The number of nitrogens with zero attached hydrogens (tertiary/aromatic N) is 1. The van der Waals surface area contributed by atoms with Gasteiger partial charge in [-0.2, -0.15) is 0 Å². The second-order valence-corrected chi connectivity index (χ2v) is 7.11. The lowest BCUT2D eigenvalue weighted by atomic mass is 9.99. The smallest absolute Gasteiger partial charge is 0.322 e. The lowest BCUT2D eigenvalue weighted by molar-refractivity contribution is -0.143. The molecule has 2 atom stereocenters. The third-order valence-corrected chi connectivity index (χ3v) is 4.76. The number of methoxy groups -OCH3 is 1. The fourth-order valence-electron chi connectivity index (χ4n) is 3.49. The molecule has 0 bridgehead atoms. The van der Waals surface area contributed by atoms with Gasteiger partial charge in [-0.05, 0) is 32.3 Å². The highest BCUT2D eigenvalue weighted by molar-refractivity contribution is 5.75. The van der Waals surface area contributed by atoms with Gasteiger partial charge in [-0.15, -0.1) is 0 Å². The van der Waals surface area contributed by atoms with Gasteiger partial charge in [0.2, 0.25) is 0 Å². The number of carbonyl (C=O) groups is 1. The van der Waals surface area contributed by atoms with Crippen LogP contribution in [0.1, 0.15) is 45.6 Å². The zero-order valence-electron chi connectivity index (χ0n) is 14.8. The third-order valence-electron chi connectivity index (χ3n) is 4.76. The molecule has 2 rings (SSSR count).